The van der Waals surface area contributed by atoms with Crippen molar-refractivity contribution in [3.63, 3.8) is 0 Å². The van der Waals surface area contributed by atoms with Crippen LogP contribution in [0.1, 0.15) is 31.7 Å². The Hall–Kier alpha value is -1.79. The van der Waals surface area contributed by atoms with Crippen LogP contribution in [0, 0.1) is 11.8 Å². The number of carbonyl (C=O) groups excluding carboxylic acids is 2. The number of hydrogen-bond donors (Lipinski definition) is 4. The van der Waals surface area contributed by atoms with E-state index in [0.29, 0.717) is 30.5 Å². The van der Waals surface area contributed by atoms with Crippen molar-refractivity contribution >= 4 is 30.0 Å². The molecule has 1 unspecified atom stereocenters. The first-order valence-corrected chi connectivity index (χ1v) is 8.17. The number of primary amides is 1. The van der Waals surface area contributed by atoms with Crippen molar-refractivity contribution in [2.75, 3.05) is 18.4 Å². The normalized spacial score (nSPS) is 15.9. The summed E-state index contributed by atoms with van der Waals surface area (Å²) in [7, 11) is 0. The lowest BCUT2D eigenvalue weighted by molar-refractivity contribution is -0.122. The van der Waals surface area contributed by atoms with Gasteiger partial charge in [0.05, 0.1) is 0 Å². The summed E-state index contributed by atoms with van der Waals surface area (Å²) < 4.78 is 0. The molecule has 24 heavy (non-hydrogen) atoms. The molecule has 1 heterocycles. The van der Waals surface area contributed by atoms with Gasteiger partial charge in [-0.25, -0.2) is 4.79 Å². The van der Waals surface area contributed by atoms with Crippen LogP contribution in [0.5, 0.6) is 0 Å². The van der Waals surface area contributed by atoms with Gasteiger partial charge in [0.1, 0.15) is 0 Å². The highest BCUT2D eigenvalue weighted by atomic mass is 35.5. The van der Waals surface area contributed by atoms with Crippen LogP contribution in [-0.2, 0) is 11.3 Å². The first-order valence-electron chi connectivity index (χ1n) is 8.17. The summed E-state index contributed by atoms with van der Waals surface area (Å²) in [5, 5.41) is 8.82. The zero-order chi connectivity index (χ0) is 16.7. The van der Waals surface area contributed by atoms with Crippen LogP contribution in [0.15, 0.2) is 24.3 Å². The molecule has 7 heteroatoms. The summed E-state index contributed by atoms with van der Waals surface area (Å²) >= 11 is 0. The van der Waals surface area contributed by atoms with Gasteiger partial charge in [0.15, 0.2) is 0 Å². The van der Waals surface area contributed by atoms with Crippen LogP contribution in [0.4, 0.5) is 10.5 Å². The minimum Gasteiger partial charge on any atom is -0.352 e. The summed E-state index contributed by atoms with van der Waals surface area (Å²) in [6.07, 6.45) is 2.89. The fourth-order valence-corrected chi connectivity index (χ4v) is 2.99. The van der Waals surface area contributed by atoms with E-state index in [1.165, 1.54) is 0 Å². The number of benzene rings is 1. The van der Waals surface area contributed by atoms with E-state index in [2.05, 4.69) is 22.9 Å². The van der Waals surface area contributed by atoms with Crippen molar-refractivity contribution in [2.24, 2.45) is 17.6 Å². The van der Waals surface area contributed by atoms with Crippen LogP contribution >= 0.6 is 12.4 Å². The molecular weight excluding hydrogens is 328 g/mol. The second kappa shape index (κ2) is 10.2. The zero-order valence-corrected chi connectivity index (χ0v) is 14.8. The lowest BCUT2D eigenvalue weighted by Crippen LogP contribution is -2.33. The molecule has 1 saturated heterocycles. The molecule has 134 valence electrons. The van der Waals surface area contributed by atoms with Crippen LogP contribution in [0.25, 0.3) is 0 Å². The Balaban J connectivity index is 0.00000288. The summed E-state index contributed by atoms with van der Waals surface area (Å²) in [5.41, 5.74) is 6.69. The van der Waals surface area contributed by atoms with E-state index >= 15 is 0 Å². The molecule has 1 aromatic rings. The average Bonchev–Trinajstić information content (AvgIpc) is 2.54. The number of urea groups is 1. The topological polar surface area (TPSA) is 96.2 Å². The second-order valence-electron chi connectivity index (χ2n) is 6.23. The number of piperidine rings is 1. The lowest BCUT2D eigenvalue weighted by Gasteiger charge is -2.27. The van der Waals surface area contributed by atoms with Gasteiger partial charge in [0.2, 0.25) is 5.91 Å². The van der Waals surface area contributed by atoms with Gasteiger partial charge >= 0.3 is 6.03 Å². The highest BCUT2D eigenvalue weighted by Gasteiger charge is 2.21. The molecule has 1 atom stereocenters. The molecule has 2 rings (SSSR count). The van der Waals surface area contributed by atoms with Crippen molar-refractivity contribution < 1.29 is 9.59 Å². The molecule has 0 radical (unpaired) electrons. The molecule has 1 aromatic carbocycles. The van der Waals surface area contributed by atoms with E-state index in [-0.39, 0.29) is 18.3 Å². The summed E-state index contributed by atoms with van der Waals surface area (Å²) in [6.45, 7) is 4.78. The van der Waals surface area contributed by atoms with E-state index in [0.717, 1.165) is 31.5 Å². The van der Waals surface area contributed by atoms with Gasteiger partial charge in [-0.3, -0.25) is 4.79 Å². The maximum absolute atomic E-state index is 12.1. The third-order valence-corrected chi connectivity index (χ3v) is 4.41. The van der Waals surface area contributed by atoms with E-state index < -0.39 is 6.03 Å². The first-order chi connectivity index (χ1) is 11.0. The summed E-state index contributed by atoms with van der Waals surface area (Å²) in [6, 6.07) is 6.68. The Morgan fingerprint density at radius 3 is 2.46 bits per heavy atom. The molecule has 5 N–H and O–H groups in total. The van der Waals surface area contributed by atoms with Crippen LogP contribution < -0.4 is 21.7 Å². The van der Waals surface area contributed by atoms with Gasteiger partial charge in [-0.1, -0.05) is 19.1 Å². The van der Waals surface area contributed by atoms with Crippen molar-refractivity contribution in [1.29, 1.82) is 0 Å². The van der Waals surface area contributed by atoms with Gasteiger partial charge in [0, 0.05) is 18.7 Å². The molecule has 3 amide bonds. The Bertz CT molecular complexity index is 530. The fraction of sp³-hybridized carbons (Fsp3) is 0.529. The molecule has 1 fully saturated rings. The van der Waals surface area contributed by atoms with Crippen LogP contribution in [0.2, 0.25) is 0 Å². The number of hydrogen-bond acceptors (Lipinski definition) is 3. The molecule has 0 aliphatic carbocycles. The van der Waals surface area contributed by atoms with Crippen molar-refractivity contribution in [2.45, 2.75) is 32.7 Å². The van der Waals surface area contributed by atoms with Gasteiger partial charge in [-0.2, -0.15) is 0 Å². The average molecular weight is 355 g/mol. The van der Waals surface area contributed by atoms with Crippen molar-refractivity contribution in [3.8, 4) is 0 Å². The van der Waals surface area contributed by atoms with Gasteiger partial charge in [-0.15, -0.1) is 12.4 Å². The molecule has 0 bridgehead atoms. The van der Waals surface area contributed by atoms with Gasteiger partial charge in [-0.05, 0) is 55.5 Å². The second-order valence-corrected chi connectivity index (χ2v) is 6.23. The first kappa shape index (κ1) is 20.3. The minimum atomic E-state index is -0.585. The maximum Gasteiger partial charge on any atom is 0.316 e. The smallest absolute Gasteiger partial charge is 0.316 e. The SMILES string of the molecule is CC(CC(=O)NCc1ccc(NC(N)=O)cc1)C1CCNCC1.Cl. The Kier molecular flexibility index (Phi) is 8.57. The van der Waals surface area contributed by atoms with Gasteiger partial charge < -0.3 is 21.7 Å². The van der Waals surface area contributed by atoms with Crippen molar-refractivity contribution in [1.82, 2.24) is 10.6 Å². The van der Waals surface area contributed by atoms with E-state index in [9.17, 15) is 9.59 Å². The molecule has 1 aliphatic rings. The van der Waals surface area contributed by atoms with E-state index in [1.54, 1.807) is 12.1 Å². The molecule has 0 aromatic heterocycles. The summed E-state index contributed by atoms with van der Waals surface area (Å²) in [4.78, 5) is 22.8. The third-order valence-electron chi connectivity index (χ3n) is 4.41. The minimum absolute atomic E-state index is 0. The lowest BCUT2D eigenvalue weighted by atomic mass is 9.84. The molecule has 1 aliphatic heterocycles. The largest absolute Gasteiger partial charge is 0.352 e. The molecule has 0 spiro atoms. The van der Waals surface area contributed by atoms with Gasteiger partial charge in [0.25, 0.3) is 0 Å². The number of amides is 3. The van der Waals surface area contributed by atoms with Crippen molar-refractivity contribution in [3.05, 3.63) is 29.8 Å². The zero-order valence-electron chi connectivity index (χ0n) is 14.0. The Labute approximate surface area is 149 Å². The Morgan fingerprint density at radius 2 is 1.88 bits per heavy atom. The number of nitrogens with one attached hydrogen (secondary N) is 3. The number of anilines is 1. The quantitative estimate of drug-likeness (QED) is 0.630. The highest BCUT2D eigenvalue weighted by Crippen LogP contribution is 2.24. The maximum atomic E-state index is 12.1. The van der Waals surface area contributed by atoms with E-state index in [4.69, 9.17) is 5.73 Å². The number of nitrogens with two attached hydrogens (primary N) is 1. The monoisotopic (exact) mass is 354 g/mol. The van der Waals surface area contributed by atoms with Crippen LogP contribution in [0.3, 0.4) is 0 Å². The Morgan fingerprint density at radius 1 is 1.25 bits per heavy atom. The highest BCUT2D eigenvalue weighted by molar-refractivity contribution is 5.87. The standard InChI is InChI=1S/C17H26N4O2.ClH/c1-12(14-6-8-19-9-7-14)10-16(22)20-11-13-2-4-15(5-3-13)21-17(18)23;/h2-5,12,14,19H,6-11H2,1H3,(H,20,22)(H3,18,21,23);1H. The number of halogens is 1. The fourth-order valence-electron chi connectivity index (χ4n) is 2.99. The number of rotatable bonds is 6. The predicted molar refractivity (Wildman–Crippen MR) is 98.1 cm³/mol. The summed E-state index contributed by atoms with van der Waals surface area (Å²) in [5.74, 6) is 1.15. The third kappa shape index (κ3) is 6.76. The molecule has 6 nitrogen and oxygen atoms in total. The molecule has 0 saturated carbocycles. The van der Waals surface area contributed by atoms with E-state index in [1.807, 2.05) is 12.1 Å². The number of carbonyl (C=O) groups is 2. The molecular formula is C17H27ClN4O2. The van der Waals surface area contributed by atoms with Crippen LogP contribution in [-0.4, -0.2) is 25.0 Å². The predicted octanol–water partition coefficient (Wildman–Crippen LogP) is 2.24.